The van der Waals surface area contributed by atoms with Gasteiger partial charge in [0.15, 0.2) is 0 Å². The second kappa shape index (κ2) is 6.75. The first kappa shape index (κ1) is 15.0. The van der Waals surface area contributed by atoms with E-state index in [1.54, 1.807) is 19.1 Å². The number of phenols is 1. The van der Waals surface area contributed by atoms with E-state index in [-0.39, 0.29) is 18.1 Å². The standard InChI is InChI=1S/C13H18N2O4/c1-8(6-12(17)18)15-13(19)11(14)7-9-2-4-10(16)5-3-9/h2-5,8,11,16H,6-7,14H2,1H3,(H,15,19)(H,17,18)/t8?,11-/m0/s1. The van der Waals surface area contributed by atoms with Gasteiger partial charge >= 0.3 is 5.97 Å². The molecule has 0 heterocycles. The number of carboxylic acids is 1. The average Bonchev–Trinajstić information content (AvgIpc) is 2.30. The smallest absolute Gasteiger partial charge is 0.305 e. The molecule has 0 spiro atoms. The predicted molar refractivity (Wildman–Crippen MR) is 69.6 cm³/mol. The largest absolute Gasteiger partial charge is 0.508 e. The van der Waals surface area contributed by atoms with Crippen LogP contribution in [-0.4, -0.2) is 34.2 Å². The summed E-state index contributed by atoms with van der Waals surface area (Å²) in [5, 5.41) is 20.3. The minimum Gasteiger partial charge on any atom is -0.508 e. The normalized spacial score (nSPS) is 13.6. The number of aliphatic carboxylic acids is 1. The van der Waals surface area contributed by atoms with Gasteiger partial charge in [0, 0.05) is 6.04 Å². The number of rotatable bonds is 6. The van der Waals surface area contributed by atoms with Crippen LogP contribution in [0.2, 0.25) is 0 Å². The summed E-state index contributed by atoms with van der Waals surface area (Å²) in [5.74, 6) is -1.21. The van der Waals surface area contributed by atoms with Crippen LogP contribution in [-0.2, 0) is 16.0 Å². The SMILES string of the molecule is CC(CC(=O)O)NC(=O)[C@@H](N)Cc1ccc(O)cc1. The maximum absolute atomic E-state index is 11.7. The van der Waals surface area contributed by atoms with E-state index >= 15 is 0 Å². The van der Waals surface area contributed by atoms with Crippen molar-refractivity contribution in [2.75, 3.05) is 0 Å². The molecule has 0 aliphatic heterocycles. The van der Waals surface area contributed by atoms with E-state index in [4.69, 9.17) is 15.9 Å². The number of benzene rings is 1. The van der Waals surface area contributed by atoms with Crippen LogP contribution in [0.1, 0.15) is 18.9 Å². The van der Waals surface area contributed by atoms with Crippen LogP contribution in [0, 0.1) is 0 Å². The van der Waals surface area contributed by atoms with Crippen molar-refractivity contribution >= 4 is 11.9 Å². The Hall–Kier alpha value is -2.08. The summed E-state index contributed by atoms with van der Waals surface area (Å²) < 4.78 is 0. The van der Waals surface area contributed by atoms with E-state index < -0.39 is 18.1 Å². The van der Waals surface area contributed by atoms with Gasteiger partial charge < -0.3 is 21.3 Å². The molecule has 0 bridgehead atoms. The van der Waals surface area contributed by atoms with Crippen LogP contribution in [0.15, 0.2) is 24.3 Å². The zero-order valence-electron chi connectivity index (χ0n) is 10.7. The minimum absolute atomic E-state index is 0.141. The van der Waals surface area contributed by atoms with Crippen molar-refractivity contribution in [3.8, 4) is 5.75 Å². The molecule has 104 valence electrons. The lowest BCUT2D eigenvalue weighted by Crippen LogP contribution is -2.46. The lowest BCUT2D eigenvalue weighted by Gasteiger charge is -2.16. The fourth-order valence-electron chi connectivity index (χ4n) is 1.64. The molecule has 1 rings (SSSR count). The van der Waals surface area contributed by atoms with Crippen molar-refractivity contribution in [2.45, 2.75) is 31.8 Å². The van der Waals surface area contributed by atoms with E-state index in [2.05, 4.69) is 5.32 Å². The number of nitrogens with two attached hydrogens (primary N) is 1. The first-order valence-corrected chi connectivity index (χ1v) is 5.94. The maximum Gasteiger partial charge on any atom is 0.305 e. The molecule has 6 heteroatoms. The second-order valence-electron chi connectivity index (χ2n) is 4.48. The van der Waals surface area contributed by atoms with Crippen molar-refractivity contribution in [3.63, 3.8) is 0 Å². The molecule has 1 aromatic rings. The van der Waals surface area contributed by atoms with Gasteiger partial charge in [0.1, 0.15) is 5.75 Å². The van der Waals surface area contributed by atoms with Gasteiger partial charge in [-0.3, -0.25) is 9.59 Å². The molecule has 0 aromatic heterocycles. The Kier molecular flexibility index (Phi) is 5.32. The van der Waals surface area contributed by atoms with Gasteiger partial charge in [0.25, 0.3) is 0 Å². The van der Waals surface area contributed by atoms with E-state index in [1.807, 2.05) is 0 Å². The number of hydrogen-bond acceptors (Lipinski definition) is 4. The van der Waals surface area contributed by atoms with E-state index in [0.29, 0.717) is 6.42 Å². The Morgan fingerprint density at radius 2 is 1.89 bits per heavy atom. The Morgan fingerprint density at radius 3 is 2.42 bits per heavy atom. The number of carbonyl (C=O) groups excluding carboxylic acids is 1. The fraction of sp³-hybridized carbons (Fsp3) is 0.385. The van der Waals surface area contributed by atoms with Gasteiger partial charge in [-0.15, -0.1) is 0 Å². The highest BCUT2D eigenvalue weighted by atomic mass is 16.4. The zero-order chi connectivity index (χ0) is 14.4. The van der Waals surface area contributed by atoms with E-state index in [0.717, 1.165) is 5.56 Å². The van der Waals surface area contributed by atoms with Crippen molar-refractivity contribution in [2.24, 2.45) is 5.73 Å². The number of hydrogen-bond donors (Lipinski definition) is 4. The third-order valence-electron chi connectivity index (χ3n) is 2.60. The Morgan fingerprint density at radius 1 is 1.32 bits per heavy atom. The number of phenolic OH excluding ortho intramolecular Hbond substituents is 1. The topological polar surface area (TPSA) is 113 Å². The lowest BCUT2D eigenvalue weighted by molar-refractivity contribution is -0.137. The molecule has 0 fully saturated rings. The first-order chi connectivity index (χ1) is 8.88. The number of amides is 1. The quantitative estimate of drug-likeness (QED) is 0.589. The average molecular weight is 266 g/mol. The maximum atomic E-state index is 11.7. The molecule has 0 radical (unpaired) electrons. The van der Waals surface area contributed by atoms with Crippen LogP contribution < -0.4 is 11.1 Å². The Bertz CT molecular complexity index is 444. The molecule has 6 nitrogen and oxygen atoms in total. The van der Waals surface area contributed by atoms with Crippen molar-refractivity contribution < 1.29 is 19.8 Å². The summed E-state index contributed by atoms with van der Waals surface area (Å²) in [5.41, 5.74) is 6.57. The fourth-order valence-corrected chi connectivity index (χ4v) is 1.64. The number of carbonyl (C=O) groups is 2. The van der Waals surface area contributed by atoms with Gasteiger partial charge in [-0.05, 0) is 31.0 Å². The minimum atomic E-state index is -0.972. The highest BCUT2D eigenvalue weighted by Gasteiger charge is 2.17. The molecular weight excluding hydrogens is 248 g/mol. The number of aromatic hydroxyl groups is 1. The molecule has 19 heavy (non-hydrogen) atoms. The van der Waals surface area contributed by atoms with Crippen LogP contribution in [0.3, 0.4) is 0 Å². The third kappa shape index (κ3) is 5.39. The van der Waals surface area contributed by atoms with Gasteiger partial charge in [0.2, 0.25) is 5.91 Å². The summed E-state index contributed by atoms with van der Waals surface area (Å²) in [6.45, 7) is 1.61. The Labute approximate surface area is 111 Å². The van der Waals surface area contributed by atoms with Crippen molar-refractivity contribution in [1.29, 1.82) is 0 Å². The van der Waals surface area contributed by atoms with Crippen LogP contribution >= 0.6 is 0 Å². The van der Waals surface area contributed by atoms with Gasteiger partial charge in [0.05, 0.1) is 12.5 Å². The monoisotopic (exact) mass is 266 g/mol. The summed E-state index contributed by atoms with van der Waals surface area (Å²) in [6, 6.07) is 5.20. The molecule has 0 saturated heterocycles. The number of carboxylic acid groups (broad SMARTS) is 1. The van der Waals surface area contributed by atoms with Crippen LogP contribution in [0.5, 0.6) is 5.75 Å². The zero-order valence-corrected chi connectivity index (χ0v) is 10.7. The highest BCUT2D eigenvalue weighted by molar-refractivity contribution is 5.82. The third-order valence-corrected chi connectivity index (χ3v) is 2.60. The molecule has 1 amide bonds. The second-order valence-corrected chi connectivity index (χ2v) is 4.48. The molecule has 2 atom stereocenters. The highest BCUT2D eigenvalue weighted by Crippen LogP contribution is 2.10. The summed E-state index contributed by atoms with van der Waals surface area (Å²) in [6.07, 6.45) is 0.184. The van der Waals surface area contributed by atoms with Crippen molar-refractivity contribution in [1.82, 2.24) is 5.32 Å². The molecule has 1 aromatic carbocycles. The molecule has 0 aliphatic carbocycles. The summed E-state index contributed by atoms with van der Waals surface area (Å²) >= 11 is 0. The first-order valence-electron chi connectivity index (χ1n) is 5.94. The van der Waals surface area contributed by atoms with E-state index in [1.165, 1.54) is 12.1 Å². The van der Waals surface area contributed by atoms with Gasteiger partial charge in [-0.25, -0.2) is 0 Å². The summed E-state index contributed by atoms with van der Waals surface area (Å²) in [7, 11) is 0. The predicted octanol–water partition coefficient (Wildman–Crippen LogP) is 0.241. The van der Waals surface area contributed by atoms with Crippen molar-refractivity contribution in [3.05, 3.63) is 29.8 Å². The Balaban J connectivity index is 2.48. The van der Waals surface area contributed by atoms with E-state index in [9.17, 15) is 9.59 Å². The van der Waals surface area contributed by atoms with Gasteiger partial charge in [-0.1, -0.05) is 12.1 Å². The molecular formula is C13H18N2O4. The summed E-state index contributed by atoms with van der Waals surface area (Å²) in [4.78, 5) is 22.2. The lowest BCUT2D eigenvalue weighted by atomic mass is 10.1. The van der Waals surface area contributed by atoms with Gasteiger partial charge in [-0.2, -0.15) is 0 Å². The molecule has 5 N–H and O–H groups in total. The number of nitrogens with one attached hydrogen (secondary N) is 1. The van der Waals surface area contributed by atoms with Crippen LogP contribution in [0.4, 0.5) is 0 Å². The molecule has 1 unspecified atom stereocenters. The molecule has 0 aliphatic rings. The molecule has 0 saturated carbocycles. The van der Waals surface area contributed by atoms with Crippen LogP contribution in [0.25, 0.3) is 0 Å².